The van der Waals surface area contributed by atoms with Crippen molar-refractivity contribution in [1.29, 1.82) is 0 Å². The molecule has 1 fully saturated rings. The lowest BCUT2D eigenvalue weighted by Crippen LogP contribution is -2.52. The smallest absolute Gasteiger partial charge is 0.312 e. The average molecular weight is 288 g/mol. The van der Waals surface area contributed by atoms with E-state index in [4.69, 9.17) is 23.2 Å². The van der Waals surface area contributed by atoms with E-state index in [1.807, 2.05) is 0 Å². The molecule has 0 spiro atoms. The first-order valence-corrected chi connectivity index (χ1v) is 6.10. The maximum absolute atomic E-state index is 11.8. The monoisotopic (exact) mass is 287 g/mol. The largest absolute Gasteiger partial charge is 0.336 e. The second-order valence-corrected chi connectivity index (χ2v) is 4.78. The molecule has 18 heavy (non-hydrogen) atoms. The van der Waals surface area contributed by atoms with Crippen LogP contribution in [0.15, 0.2) is 12.1 Å². The first-order chi connectivity index (χ1) is 8.49. The molecular weight excluding hydrogens is 277 g/mol. The van der Waals surface area contributed by atoms with Gasteiger partial charge in [-0.1, -0.05) is 29.3 Å². The van der Waals surface area contributed by atoms with Gasteiger partial charge in [0.2, 0.25) is 0 Å². The van der Waals surface area contributed by atoms with Crippen molar-refractivity contribution in [2.75, 3.05) is 20.1 Å². The van der Waals surface area contributed by atoms with Crippen LogP contribution >= 0.6 is 23.2 Å². The van der Waals surface area contributed by atoms with Gasteiger partial charge in [-0.3, -0.25) is 9.59 Å². The Morgan fingerprint density at radius 2 is 1.94 bits per heavy atom. The Kier molecular flexibility index (Phi) is 3.73. The molecule has 0 radical (unpaired) electrons. The quantitative estimate of drug-likeness (QED) is 0.607. The first kappa shape index (κ1) is 13.1. The van der Waals surface area contributed by atoms with Gasteiger partial charge in [-0.2, -0.15) is 0 Å². The number of likely N-dealkylation sites (N-methyl/N-ethyl adjacent to an activating group) is 1. The van der Waals surface area contributed by atoms with E-state index in [0.29, 0.717) is 23.8 Å². The van der Waals surface area contributed by atoms with E-state index in [1.165, 1.54) is 9.80 Å². The summed E-state index contributed by atoms with van der Waals surface area (Å²) in [5.74, 6) is -1.02. The lowest BCUT2D eigenvalue weighted by Gasteiger charge is -2.31. The van der Waals surface area contributed by atoms with Crippen LogP contribution in [0.25, 0.3) is 0 Å². The lowest BCUT2D eigenvalue weighted by molar-refractivity contribution is -0.155. The SMILES string of the molecule is CN1CCN(Cc2ccc(Cl)nc2Cl)C(=O)C1=O. The fourth-order valence-corrected chi connectivity index (χ4v) is 2.09. The van der Waals surface area contributed by atoms with Crippen LogP contribution in [0, 0.1) is 0 Å². The van der Waals surface area contributed by atoms with Gasteiger partial charge in [-0.25, -0.2) is 4.98 Å². The number of rotatable bonds is 2. The third-order valence-electron chi connectivity index (χ3n) is 2.78. The molecule has 0 N–H and O–H groups in total. The van der Waals surface area contributed by atoms with E-state index in [0.717, 1.165) is 0 Å². The summed E-state index contributed by atoms with van der Waals surface area (Å²) in [5, 5.41) is 0.547. The average Bonchev–Trinajstić information content (AvgIpc) is 2.33. The zero-order valence-electron chi connectivity index (χ0n) is 9.69. The van der Waals surface area contributed by atoms with Gasteiger partial charge >= 0.3 is 11.8 Å². The number of carbonyl (C=O) groups excluding carboxylic acids is 2. The Labute approximate surface area is 114 Å². The van der Waals surface area contributed by atoms with Crippen molar-refractivity contribution in [2.45, 2.75) is 6.54 Å². The molecule has 0 aromatic carbocycles. The molecule has 1 aliphatic rings. The summed E-state index contributed by atoms with van der Waals surface area (Å²) in [5.41, 5.74) is 0.673. The molecular formula is C11H11Cl2N3O2. The molecule has 5 nitrogen and oxygen atoms in total. The summed E-state index contributed by atoms with van der Waals surface area (Å²) < 4.78 is 0. The zero-order valence-corrected chi connectivity index (χ0v) is 11.2. The third-order valence-corrected chi connectivity index (χ3v) is 3.31. The summed E-state index contributed by atoms with van der Waals surface area (Å²) in [6, 6.07) is 3.30. The Morgan fingerprint density at radius 3 is 2.61 bits per heavy atom. The maximum Gasteiger partial charge on any atom is 0.312 e. The summed E-state index contributed by atoms with van der Waals surface area (Å²) >= 11 is 11.6. The summed E-state index contributed by atoms with van der Waals surface area (Å²) in [6.07, 6.45) is 0. The molecule has 7 heteroatoms. The van der Waals surface area contributed by atoms with E-state index >= 15 is 0 Å². The third kappa shape index (κ3) is 2.57. The summed E-state index contributed by atoms with van der Waals surface area (Å²) in [4.78, 5) is 30.0. The van der Waals surface area contributed by atoms with Crippen LogP contribution in [-0.2, 0) is 16.1 Å². The molecule has 1 aliphatic heterocycles. The molecule has 0 aliphatic carbocycles. The fourth-order valence-electron chi connectivity index (χ4n) is 1.69. The highest BCUT2D eigenvalue weighted by Crippen LogP contribution is 2.19. The van der Waals surface area contributed by atoms with Crippen molar-refractivity contribution in [3.63, 3.8) is 0 Å². The van der Waals surface area contributed by atoms with Crippen molar-refractivity contribution in [3.05, 3.63) is 28.0 Å². The van der Waals surface area contributed by atoms with Crippen molar-refractivity contribution >= 4 is 35.0 Å². The molecule has 1 aromatic heterocycles. The molecule has 1 aromatic rings. The van der Waals surface area contributed by atoms with E-state index in [2.05, 4.69) is 4.98 Å². The predicted molar refractivity (Wildman–Crippen MR) is 67.3 cm³/mol. The van der Waals surface area contributed by atoms with Gasteiger partial charge in [0.05, 0.1) is 0 Å². The standard InChI is InChI=1S/C11H11Cl2N3O2/c1-15-4-5-16(11(18)10(15)17)6-7-2-3-8(12)14-9(7)13/h2-3H,4-6H2,1H3. The molecule has 0 atom stereocenters. The summed E-state index contributed by atoms with van der Waals surface area (Å²) in [7, 11) is 1.61. The Balaban J connectivity index is 2.14. The predicted octanol–water partition coefficient (Wildman–Crippen LogP) is 1.19. The van der Waals surface area contributed by atoms with Gasteiger partial charge in [0.15, 0.2) is 0 Å². The highest BCUT2D eigenvalue weighted by atomic mass is 35.5. The van der Waals surface area contributed by atoms with Crippen molar-refractivity contribution in [3.8, 4) is 0 Å². The van der Waals surface area contributed by atoms with Gasteiger partial charge in [-0.15, -0.1) is 0 Å². The van der Waals surface area contributed by atoms with Gasteiger partial charge in [-0.05, 0) is 6.07 Å². The number of pyridine rings is 1. The summed E-state index contributed by atoms with van der Waals surface area (Å²) in [6.45, 7) is 1.27. The van der Waals surface area contributed by atoms with Crippen LogP contribution in [0.3, 0.4) is 0 Å². The number of hydrogen-bond acceptors (Lipinski definition) is 3. The highest BCUT2D eigenvalue weighted by Gasteiger charge is 2.30. The topological polar surface area (TPSA) is 53.5 Å². The van der Waals surface area contributed by atoms with Crippen LogP contribution in [0.5, 0.6) is 0 Å². The van der Waals surface area contributed by atoms with Gasteiger partial charge < -0.3 is 9.80 Å². The van der Waals surface area contributed by atoms with Crippen LogP contribution < -0.4 is 0 Å². The normalized spacial score (nSPS) is 16.4. The lowest BCUT2D eigenvalue weighted by atomic mass is 10.2. The number of piperazine rings is 1. The van der Waals surface area contributed by atoms with Crippen molar-refractivity contribution in [2.24, 2.45) is 0 Å². The van der Waals surface area contributed by atoms with E-state index < -0.39 is 11.8 Å². The van der Waals surface area contributed by atoms with Crippen LogP contribution in [0.1, 0.15) is 5.56 Å². The van der Waals surface area contributed by atoms with E-state index in [-0.39, 0.29) is 11.7 Å². The van der Waals surface area contributed by atoms with Gasteiger partial charge in [0, 0.05) is 32.2 Å². The van der Waals surface area contributed by atoms with E-state index in [9.17, 15) is 9.59 Å². The second-order valence-electron chi connectivity index (χ2n) is 4.04. The number of halogens is 2. The molecule has 2 rings (SSSR count). The molecule has 96 valence electrons. The number of hydrogen-bond donors (Lipinski definition) is 0. The molecule has 2 heterocycles. The molecule has 0 unspecified atom stereocenters. The Hall–Kier alpha value is -1.33. The van der Waals surface area contributed by atoms with Gasteiger partial charge in [0.25, 0.3) is 0 Å². The van der Waals surface area contributed by atoms with Gasteiger partial charge in [0.1, 0.15) is 10.3 Å². The number of carbonyl (C=O) groups is 2. The second kappa shape index (κ2) is 5.12. The number of aromatic nitrogens is 1. The van der Waals surface area contributed by atoms with E-state index in [1.54, 1.807) is 19.2 Å². The maximum atomic E-state index is 11.8. The fraction of sp³-hybridized carbons (Fsp3) is 0.364. The molecule has 2 amide bonds. The first-order valence-electron chi connectivity index (χ1n) is 5.34. The highest BCUT2D eigenvalue weighted by molar-refractivity contribution is 6.35. The zero-order chi connectivity index (χ0) is 13.3. The minimum atomic E-state index is -0.519. The van der Waals surface area contributed by atoms with Crippen LogP contribution in [0.2, 0.25) is 10.3 Å². The minimum Gasteiger partial charge on any atom is -0.336 e. The molecule has 1 saturated heterocycles. The number of nitrogens with zero attached hydrogens (tertiary/aromatic N) is 3. The van der Waals surface area contributed by atoms with Crippen molar-refractivity contribution < 1.29 is 9.59 Å². The van der Waals surface area contributed by atoms with Crippen LogP contribution in [-0.4, -0.2) is 46.7 Å². The van der Waals surface area contributed by atoms with Crippen molar-refractivity contribution in [1.82, 2.24) is 14.8 Å². The van der Waals surface area contributed by atoms with Crippen LogP contribution in [0.4, 0.5) is 0 Å². The number of amides is 2. The molecule has 0 saturated carbocycles. The Morgan fingerprint density at radius 1 is 1.22 bits per heavy atom. The molecule has 0 bridgehead atoms. The minimum absolute atomic E-state index is 0.252. The Bertz CT molecular complexity index is 507.